The number of rotatable bonds is 5. The summed E-state index contributed by atoms with van der Waals surface area (Å²) in [6.45, 7) is 1.36. The number of hydrazine groups is 1. The lowest BCUT2D eigenvalue weighted by Gasteiger charge is -2.25. The summed E-state index contributed by atoms with van der Waals surface area (Å²) in [5, 5.41) is 24.6. The van der Waals surface area contributed by atoms with Crippen LogP contribution in [0.5, 0.6) is 0 Å². The van der Waals surface area contributed by atoms with Crippen LogP contribution in [0.25, 0.3) is 0 Å². The van der Waals surface area contributed by atoms with Crippen molar-refractivity contribution in [2.75, 3.05) is 19.9 Å². The zero-order valence-corrected chi connectivity index (χ0v) is 9.94. The van der Waals surface area contributed by atoms with Crippen LogP contribution in [0.4, 0.5) is 0 Å². The SMILES string of the molecule is CC(=O)OCO/N=[N+](/[O-])N1CCC(C(=O)O)CC1. The zero-order chi connectivity index (χ0) is 13.5. The van der Waals surface area contributed by atoms with Gasteiger partial charge >= 0.3 is 11.9 Å². The molecule has 1 heterocycles. The molecule has 1 saturated heterocycles. The minimum Gasteiger partial charge on any atom is -0.569 e. The molecule has 0 aliphatic carbocycles. The summed E-state index contributed by atoms with van der Waals surface area (Å²) in [7, 11) is 0. The van der Waals surface area contributed by atoms with Gasteiger partial charge in [0.2, 0.25) is 5.28 Å². The Morgan fingerprint density at radius 3 is 2.61 bits per heavy atom. The fourth-order valence-electron chi connectivity index (χ4n) is 1.52. The Morgan fingerprint density at radius 2 is 2.11 bits per heavy atom. The average molecular weight is 261 g/mol. The topological polar surface area (TPSA) is 114 Å². The Labute approximate surface area is 103 Å². The maximum Gasteiger partial charge on any atom is 0.306 e. The van der Waals surface area contributed by atoms with Crippen molar-refractivity contribution in [2.24, 2.45) is 11.2 Å². The predicted molar refractivity (Wildman–Crippen MR) is 55.7 cm³/mol. The van der Waals surface area contributed by atoms with Crippen LogP contribution in [0.2, 0.25) is 0 Å². The quantitative estimate of drug-likeness (QED) is 0.186. The van der Waals surface area contributed by atoms with E-state index in [-0.39, 0.29) is 4.97 Å². The molecule has 1 N–H and O–H groups in total. The summed E-state index contributed by atoms with van der Waals surface area (Å²) in [6.07, 6.45) is 0.765. The van der Waals surface area contributed by atoms with Crippen molar-refractivity contribution in [1.82, 2.24) is 5.01 Å². The molecule has 9 heteroatoms. The number of aliphatic carboxylic acids is 1. The van der Waals surface area contributed by atoms with Crippen LogP contribution in [-0.2, 0) is 19.2 Å². The van der Waals surface area contributed by atoms with Crippen molar-refractivity contribution >= 4 is 11.9 Å². The molecule has 9 nitrogen and oxygen atoms in total. The highest BCUT2D eigenvalue weighted by Gasteiger charge is 2.28. The Morgan fingerprint density at radius 1 is 1.50 bits per heavy atom. The van der Waals surface area contributed by atoms with Gasteiger partial charge in [-0.3, -0.25) is 9.59 Å². The number of piperidine rings is 1. The summed E-state index contributed by atoms with van der Waals surface area (Å²) >= 11 is 0. The summed E-state index contributed by atoms with van der Waals surface area (Å²) in [5.41, 5.74) is 0. The molecular weight excluding hydrogens is 246 g/mol. The van der Waals surface area contributed by atoms with Crippen molar-refractivity contribution < 1.29 is 29.2 Å². The molecule has 0 unspecified atom stereocenters. The summed E-state index contributed by atoms with van der Waals surface area (Å²) in [4.78, 5) is 25.8. The maximum absolute atomic E-state index is 11.4. The molecule has 18 heavy (non-hydrogen) atoms. The number of carbonyl (C=O) groups is 2. The van der Waals surface area contributed by atoms with Gasteiger partial charge in [0.25, 0.3) is 6.79 Å². The van der Waals surface area contributed by atoms with E-state index in [0.29, 0.717) is 25.9 Å². The number of ether oxygens (including phenoxy) is 1. The third-order valence-electron chi connectivity index (χ3n) is 2.51. The van der Waals surface area contributed by atoms with E-state index >= 15 is 0 Å². The highest BCUT2D eigenvalue weighted by atomic mass is 16.8. The first kappa shape index (κ1) is 14.0. The largest absolute Gasteiger partial charge is 0.569 e. The van der Waals surface area contributed by atoms with Crippen molar-refractivity contribution in [3.8, 4) is 0 Å². The monoisotopic (exact) mass is 261 g/mol. The Kier molecular flexibility index (Phi) is 5.15. The van der Waals surface area contributed by atoms with Crippen molar-refractivity contribution in [2.45, 2.75) is 19.8 Å². The van der Waals surface area contributed by atoms with Crippen LogP contribution in [0, 0.1) is 11.1 Å². The summed E-state index contributed by atoms with van der Waals surface area (Å²) in [6, 6.07) is 0. The molecule has 0 aromatic carbocycles. The van der Waals surface area contributed by atoms with E-state index in [2.05, 4.69) is 14.9 Å². The van der Waals surface area contributed by atoms with E-state index in [0.717, 1.165) is 0 Å². The smallest absolute Gasteiger partial charge is 0.306 e. The second kappa shape index (κ2) is 6.62. The average Bonchev–Trinajstić information content (AvgIpc) is 2.34. The first-order valence-corrected chi connectivity index (χ1v) is 5.42. The molecule has 1 aliphatic rings. The molecule has 1 fully saturated rings. The lowest BCUT2D eigenvalue weighted by atomic mass is 9.98. The molecule has 0 saturated carbocycles. The standard InChI is InChI=1S/C9H15N3O6/c1-7(13)17-6-18-10-12(16)11-4-2-8(3-5-11)9(14)15/h8H,2-6H2,1H3,(H,14,15)/b12-10+. The second-order valence-electron chi connectivity index (χ2n) is 3.78. The minimum absolute atomic E-state index is 0.238. The van der Waals surface area contributed by atoms with Crippen molar-refractivity contribution in [3.63, 3.8) is 0 Å². The number of nitrogens with zero attached hydrogens (tertiary/aromatic N) is 3. The molecule has 0 aromatic rings. The number of hydrogen-bond acceptors (Lipinski definition) is 6. The van der Waals surface area contributed by atoms with Gasteiger partial charge in [-0.25, -0.2) is 0 Å². The molecule has 0 bridgehead atoms. The molecule has 0 radical (unpaired) electrons. The number of esters is 1. The minimum atomic E-state index is -0.852. The summed E-state index contributed by atoms with van der Waals surface area (Å²) < 4.78 is 4.41. The molecule has 0 aromatic heterocycles. The third-order valence-corrected chi connectivity index (χ3v) is 2.51. The molecular formula is C9H15N3O6. The van der Waals surface area contributed by atoms with Gasteiger partial charge in [-0.2, -0.15) is 0 Å². The van der Waals surface area contributed by atoms with Crippen LogP contribution in [0.1, 0.15) is 19.8 Å². The van der Waals surface area contributed by atoms with Crippen LogP contribution in [-0.4, -0.2) is 46.9 Å². The highest BCUT2D eigenvalue weighted by molar-refractivity contribution is 5.70. The van der Waals surface area contributed by atoms with Gasteiger partial charge < -0.3 is 19.9 Å². The van der Waals surface area contributed by atoms with Gasteiger partial charge in [-0.15, -0.1) is 5.01 Å². The van der Waals surface area contributed by atoms with E-state index in [1.54, 1.807) is 0 Å². The molecule has 0 atom stereocenters. The molecule has 0 spiro atoms. The van der Waals surface area contributed by atoms with Crippen LogP contribution in [0.3, 0.4) is 0 Å². The molecule has 0 amide bonds. The lowest BCUT2D eigenvalue weighted by Crippen LogP contribution is -2.40. The fourth-order valence-corrected chi connectivity index (χ4v) is 1.52. The zero-order valence-electron chi connectivity index (χ0n) is 9.94. The van der Waals surface area contributed by atoms with Crippen molar-refractivity contribution in [1.29, 1.82) is 0 Å². The maximum atomic E-state index is 11.4. The first-order valence-electron chi connectivity index (χ1n) is 5.42. The lowest BCUT2D eigenvalue weighted by molar-refractivity contribution is -0.713. The van der Waals surface area contributed by atoms with Crippen LogP contribution in [0.15, 0.2) is 5.28 Å². The molecule has 1 aliphatic heterocycles. The molecule has 1 rings (SSSR count). The third kappa shape index (κ3) is 4.44. The Hall–Kier alpha value is -2.06. The number of carbonyl (C=O) groups excluding carboxylic acids is 1. The highest BCUT2D eigenvalue weighted by Crippen LogP contribution is 2.17. The number of hydrogen-bond donors (Lipinski definition) is 1. The predicted octanol–water partition coefficient (Wildman–Crippen LogP) is 0.113. The summed E-state index contributed by atoms with van der Waals surface area (Å²) in [5.74, 6) is -1.81. The van der Waals surface area contributed by atoms with Crippen LogP contribution >= 0.6 is 0 Å². The Bertz CT molecular complexity index is 337. The van der Waals surface area contributed by atoms with Gasteiger partial charge in [0, 0.05) is 6.92 Å². The normalized spacial score (nSPS) is 17.4. The van der Waals surface area contributed by atoms with Gasteiger partial charge in [0.05, 0.1) is 24.0 Å². The van der Waals surface area contributed by atoms with E-state index < -0.39 is 24.6 Å². The number of carboxylic acids is 1. The van der Waals surface area contributed by atoms with E-state index in [9.17, 15) is 14.8 Å². The Balaban J connectivity index is 2.30. The van der Waals surface area contributed by atoms with Crippen molar-refractivity contribution in [3.05, 3.63) is 5.21 Å². The van der Waals surface area contributed by atoms with Gasteiger partial charge in [-0.05, 0) is 12.8 Å². The first-order chi connectivity index (χ1) is 8.50. The number of carboxylic acid groups (broad SMARTS) is 1. The molecule has 102 valence electrons. The van der Waals surface area contributed by atoms with E-state index in [1.807, 2.05) is 0 Å². The second-order valence-corrected chi connectivity index (χ2v) is 3.78. The van der Waals surface area contributed by atoms with E-state index in [4.69, 9.17) is 5.11 Å². The van der Waals surface area contributed by atoms with Gasteiger partial charge in [0.1, 0.15) is 0 Å². The fraction of sp³-hybridized carbons (Fsp3) is 0.778. The van der Waals surface area contributed by atoms with Crippen LogP contribution < -0.4 is 0 Å². The van der Waals surface area contributed by atoms with Gasteiger partial charge in [-0.1, -0.05) is 0 Å². The van der Waals surface area contributed by atoms with Gasteiger partial charge in [0.15, 0.2) is 0 Å². The van der Waals surface area contributed by atoms with E-state index in [1.165, 1.54) is 11.9 Å².